The Kier molecular flexibility index (Phi) is 6.53. The van der Waals surface area contributed by atoms with Crippen LogP contribution in [0.1, 0.15) is 43.7 Å². The average molecular weight is 461 g/mol. The third-order valence-corrected chi connectivity index (χ3v) is 7.18. The van der Waals surface area contributed by atoms with Crippen molar-refractivity contribution in [2.24, 2.45) is 5.41 Å². The zero-order valence-corrected chi connectivity index (χ0v) is 20.2. The van der Waals surface area contributed by atoms with E-state index in [4.69, 9.17) is 9.47 Å². The smallest absolute Gasteiger partial charge is 0.162 e. The molecule has 0 amide bonds. The maximum Gasteiger partial charge on any atom is 0.162 e. The summed E-state index contributed by atoms with van der Waals surface area (Å²) in [5, 5.41) is 14.5. The molecular formula is C27H28N2O3S. The number of ketones is 1. The fourth-order valence-corrected chi connectivity index (χ4v) is 5.60. The Morgan fingerprint density at radius 3 is 2.48 bits per heavy atom. The number of allylic oxidation sites excluding steroid dienone is 3. The molecule has 33 heavy (non-hydrogen) atoms. The van der Waals surface area contributed by atoms with E-state index < -0.39 is 5.92 Å². The third-order valence-electron chi connectivity index (χ3n) is 6.09. The molecule has 0 aromatic heterocycles. The second-order valence-corrected chi connectivity index (χ2v) is 10.1. The molecule has 1 atom stereocenters. The van der Waals surface area contributed by atoms with Gasteiger partial charge in [0.15, 0.2) is 17.3 Å². The number of Topliss-reactive ketones (excluding diaryl/α,β-unsaturated/α-hetero) is 1. The lowest BCUT2D eigenvalue weighted by Crippen LogP contribution is -2.36. The molecule has 6 heteroatoms. The molecule has 0 spiro atoms. The monoisotopic (exact) mass is 460 g/mol. The lowest BCUT2D eigenvalue weighted by molar-refractivity contribution is -0.118. The summed E-state index contributed by atoms with van der Waals surface area (Å²) < 4.78 is 10.9. The third kappa shape index (κ3) is 4.65. The summed E-state index contributed by atoms with van der Waals surface area (Å²) in [5.74, 6) is 1.57. The van der Waals surface area contributed by atoms with Crippen LogP contribution in [0.25, 0.3) is 0 Å². The maximum atomic E-state index is 13.4. The van der Waals surface area contributed by atoms with Crippen LogP contribution in [0.3, 0.4) is 0 Å². The van der Waals surface area contributed by atoms with Gasteiger partial charge in [0.1, 0.15) is 0 Å². The number of nitriles is 1. The topological polar surface area (TPSA) is 71.3 Å². The van der Waals surface area contributed by atoms with E-state index in [1.807, 2.05) is 36.4 Å². The summed E-state index contributed by atoms with van der Waals surface area (Å²) in [7, 11) is 3.18. The maximum absolute atomic E-state index is 13.4. The van der Waals surface area contributed by atoms with Crippen molar-refractivity contribution in [2.45, 2.75) is 38.4 Å². The summed E-state index contributed by atoms with van der Waals surface area (Å²) in [6.45, 7) is 4.23. The highest BCUT2D eigenvalue weighted by Gasteiger charge is 2.42. The SMILES string of the molecule is COc1ccc(C2C(C#N)=C(SCc3ccccc3)NC3=C2C(=O)CC(C)(C)C3)cc1OC. The molecule has 1 unspecified atom stereocenters. The number of carbonyl (C=O) groups excluding carboxylic acids is 1. The van der Waals surface area contributed by atoms with Gasteiger partial charge in [-0.25, -0.2) is 0 Å². The van der Waals surface area contributed by atoms with E-state index >= 15 is 0 Å². The molecule has 1 N–H and O–H groups in total. The van der Waals surface area contributed by atoms with Crippen molar-refractivity contribution in [3.8, 4) is 17.6 Å². The molecule has 1 aliphatic heterocycles. The van der Waals surface area contributed by atoms with Gasteiger partial charge >= 0.3 is 0 Å². The van der Waals surface area contributed by atoms with E-state index in [1.54, 1.807) is 26.0 Å². The molecule has 1 heterocycles. The van der Waals surface area contributed by atoms with E-state index in [9.17, 15) is 10.1 Å². The number of ether oxygens (including phenoxy) is 2. The quantitative estimate of drug-likeness (QED) is 0.596. The molecule has 0 fully saturated rings. The Balaban J connectivity index is 1.81. The zero-order valence-electron chi connectivity index (χ0n) is 19.4. The number of rotatable bonds is 6. The first-order valence-corrected chi connectivity index (χ1v) is 11.9. The number of thioether (sulfide) groups is 1. The van der Waals surface area contributed by atoms with Crippen molar-refractivity contribution in [1.82, 2.24) is 5.32 Å². The molecule has 2 aromatic rings. The van der Waals surface area contributed by atoms with Crippen LogP contribution in [0.2, 0.25) is 0 Å². The summed E-state index contributed by atoms with van der Waals surface area (Å²) in [5.41, 5.74) is 4.08. The first-order chi connectivity index (χ1) is 15.9. The van der Waals surface area contributed by atoms with E-state index in [0.29, 0.717) is 29.1 Å². The zero-order chi connectivity index (χ0) is 23.6. The van der Waals surface area contributed by atoms with Crippen molar-refractivity contribution in [1.29, 1.82) is 5.26 Å². The van der Waals surface area contributed by atoms with Gasteiger partial charge in [0, 0.05) is 23.4 Å². The van der Waals surface area contributed by atoms with Crippen molar-refractivity contribution in [2.75, 3.05) is 14.2 Å². The van der Waals surface area contributed by atoms with Crippen LogP contribution >= 0.6 is 11.8 Å². The van der Waals surface area contributed by atoms with E-state index in [1.165, 1.54) is 5.56 Å². The highest BCUT2D eigenvalue weighted by Crippen LogP contribution is 2.49. The van der Waals surface area contributed by atoms with Gasteiger partial charge in [-0.05, 0) is 35.1 Å². The second-order valence-electron chi connectivity index (χ2n) is 9.13. The van der Waals surface area contributed by atoms with Crippen molar-refractivity contribution < 1.29 is 14.3 Å². The molecule has 0 saturated heterocycles. The van der Waals surface area contributed by atoms with E-state index in [2.05, 4.69) is 37.4 Å². The summed E-state index contributed by atoms with van der Waals surface area (Å²) in [6, 6.07) is 18.2. The van der Waals surface area contributed by atoms with Crippen LogP contribution < -0.4 is 14.8 Å². The van der Waals surface area contributed by atoms with Gasteiger partial charge in [-0.2, -0.15) is 5.26 Å². The molecule has 0 saturated carbocycles. The Hall–Kier alpha value is -3.17. The largest absolute Gasteiger partial charge is 0.493 e. The molecule has 2 aromatic carbocycles. The number of methoxy groups -OCH3 is 2. The van der Waals surface area contributed by atoms with Gasteiger partial charge in [0.25, 0.3) is 0 Å². The first kappa shape index (κ1) is 23.0. The molecule has 5 nitrogen and oxygen atoms in total. The number of dihydropyridines is 1. The number of hydrogen-bond donors (Lipinski definition) is 1. The molecular weight excluding hydrogens is 432 g/mol. The van der Waals surface area contributed by atoms with Crippen LogP contribution in [-0.4, -0.2) is 20.0 Å². The fourth-order valence-electron chi connectivity index (χ4n) is 4.59. The number of carbonyl (C=O) groups is 1. The molecule has 0 radical (unpaired) electrons. The standard InChI is InChI=1S/C27H28N2O3S/c1-27(2)13-20-25(21(30)14-27)24(18-10-11-22(31-3)23(12-18)32-4)19(15-28)26(29-20)33-16-17-8-6-5-7-9-17/h5-12,24,29H,13-14,16H2,1-4H3. The van der Waals surface area contributed by atoms with Gasteiger partial charge in [0.05, 0.1) is 36.8 Å². The van der Waals surface area contributed by atoms with Crippen LogP contribution in [0.5, 0.6) is 11.5 Å². The highest BCUT2D eigenvalue weighted by molar-refractivity contribution is 8.02. The van der Waals surface area contributed by atoms with Crippen LogP contribution in [0.15, 0.2) is 70.4 Å². The fraction of sp³-hybridized carbons (Fsp3) is 0.333. The lowest BCUT2D eigenvalue weighted by Gasteiger charge is -2.39. The molecule has 1 aliphatic carbocycles. The minimum Gasteiger partial charge on any atom is -0.493 e. The van der Waals surface area contributed by atoms with Gasteiger partial charge in [-0.1, -0.05) is 50.2 Å². The van der Waals surface area contributed by atoms with Crippen LogP contribution in [0, 0.1) is 16.7 Å². The minimum atomic E-state index is -0.437. The lowest BCUT2D eigenvalue weighted by atomic mass is 9.69. The van der Waals surface area contributed by atoms with Crippen molar-refractivity contribution >= 4 is 17.5 Å². The normalized spacial score (nSPS) is 19.5. The number of hydrogen-bond acceptors (Lipinski definition) is 6. The van der Waals surface area contributed by atoms with Gasteiger partial charge in [0.2, 0.25) is 0 Å². The van der Waals surface area contributed by atoms with Crippen LogP contribution in [0.4, 0.5) is 0 Å². The van der Waals surface area contributed by atoms with Crippen LogP contribution in [-0.2, 0) is 10.5 Å². The van der Waals surface area contributed by atoms with Gasteiger partial charge in [-0.3, -0.25) is 4.79 Å². The summed E-state index contributed by atoms with van der Waals surface area (Å²) in [4.78, 5) is 13.4. The summed E-state index contributed by atoms with van der Waals surface area (Å²) >= 11 is 1.60. The molecule has 4 rings (SSSR count). The number of nitrogens with one attached hydrogen (secondary N) is 1. The number of benzene rings is 2. The molecule has 2 aliphatic rings. The van der Waals surface area contributed by atoms with E-state index in [0.717, 1.165) is 28.5 Å². The first-order valence-electron chi connectivity index (χ1n) is 10.9. The second kappa shape index (κ2) is 9.36. The Labute approximate surface area is 199 Å². The molecule has 170 valence electrons. The predicted octanol–water partition coefficient (Wildman–Crippen LogP) is 5.70. The Bertz CT molecular complexity index is 1180. The van der Waals surface area contributed by atoms with Gasteiger partial charge < -0.3 is 14.8 Å². The number of nitrogens with zero attached hydrogens (tertiary/aromatic N) is 1. The van der Waals surface area contributed by atoms with Gasteiger partial charge in [-0.15, -0.1) is 11.8 Å². The summed E-state index contributed by atoms with van der Waals surface area (Å²) in [6.07, 6.45) is 1.22. The Morgan fingerprint density at radius 1 is 1.09 bits per heavy atom. The van der Waals surface area contributed by atoms with Crippen molar-refractivity contribution in [3.05, 3.63) is 81.5 Å². The molecule has 0 bridgehead atoms. The van der Waals surface area contributed by atoms with Crippen molar-refractivity contribution in [3.63, 3.8) is 0 Å². The average Bonchev–Trinajstić information content (AvgIpc) is 2.81. The Morgan fingerprint density at radius 2 is 1.82 bits per heavy atom. The minimum absolute atomic E-state index is 0.0911. The van der Waals surface area contributed by atoms with E-state index in [-0.39, 0.29) is 11.2 Å². The predicted molar refractivity (Wildman–Crippen MR) is 131 cm³/mol. The highest BCUT2D eigenvalue weighted by atomic mass is 32.2.